The Balaban J connectivity index is 1.52. The Morgan fingerprint density at radius 3 is 2.11 bits per heavy atom. The summed E-state index contributed by atoms with van der Waals surface area (Å²) >= 11 is 0. The van der Waals surface area contributed by atoms with E-state index in [2.05, 4.69) is 16.0 Å². The third kappa shape index (κ3) is 10.1. The van der Waals surface area contributed by atoms with E-state index in [1.54, 1.807) is 4.90 Å². The first-order valence-electron chi connectivity index (χ1n) is 16.3. The highest BCUT2D eigenvalue weighted by Gasteiger charge is 2.36. The van der Waals surface area contributed by atoms with Gasteiger partial charge in [0.1, 0.15) is 5.75 Å². The van der Waals surface area contributed by atoms with Crippen molar-refractivity contribution in [2.45, 2.75) is 84.0 Å². The van der Waals surface area contributed by atoms with E-state index in [1.165, 1.54) is 0 Å². The quantitative estimate of drug-likeness (QED) is 0.174. The van der Waals surface area contributed by atoms with Crippen molar-refractivity contribution in [1.29, 1.82) is 0 Å². The lowest BCUT2D eigenvalue weighted by molar-refractivity contribution is -0.139. The van der Waals surface area contributed by atoms with Crippen molar-refractivity contribution in [1.82, 2.24) is 20.9 Å². The van der Waals surface area contributed by atoms with E-state index in [1.807, 2.05) is 107 Å². The second-order valence-corrected chi connectivity index (χ2v) is 12.7. The summed E-state index contributed by atoms with van der Waals surface area (Å²) in [5.74, 6) is 0.0882. The van der Waals surface area contributed by atoms with Crippen LogP contribution in [0.2, 0.25) is 0 Å². The SMILES string of the molecule is Cc1cccc(C)c1OCC(=O)N[C@@H](Cc1ccccc1)[C@@H](O)C[C@H](Cc1ccccc1)NC(=O)[C@H](C(C)C)N1CCCNC1O. The number of nitrogens with one attached hydrogen (secondary N) is 3. The van der Waals surface area contributed by atoms with Gasteiger partial charge in [0.25, 0.3) is 5.91 Å². The van der Waals surface area contributed by atoms with Gasteiger partial charge in [-0.15, -0.1) is 0 Å². The maximum atomic E-state index is 13.9. The fourth-order valence-electron chi connectivity index (χ4n) is 6.26. The van der Waals surface area contributed by atoms with Crippen LogP contribution >= 0.6 is 0 Å². The van der Waals surface area contributed by atoms with Crippen molar-refractivity contribution in [3.8, 4) is 5.75 Å². The number of amides is 2. The first kappa shape index (κ1) is 35.1. The molecule has 0 aliphatic carbocycles. The molecule has 5 N–H and O–H groups in total. The van der Waals surface area contributed by atoms with Crippen molar-refractivity contribution < 1.29 is 24.5 Å². The number of carbonyl (C=O) groups is 2. The molecule has 5 atom stereocenters. The van der Waals surface area contributed by atoms with Gasteiger partial charge in [-0.1, -0.05) is 92.7 Å². The van der Waals surface area contributed by atoms with Gasteiger partial charge >= 0.3 is 0 Å². The molecule has 1 unspecified atom stereocenters. The number of nitrogens with zero attached hydrogens (tertiary/aromatic N) is 1. The smallest absolute Gasteiger partial charge is 0.258 e. The Hall–Kier alpha value is -3.76. The van der Waals surface area contributed by atoms with Gasteiger partial charge in [-0.2, -0.15) is 0 Å². The number of rotatable bonds is 15. The number of para-hydroxylation sites is 1. The van der Waals surface area contributed by atoms with Gasteiger partial charge in [-0.05, 0) is 74.2 Å². The van der Waals surface area contributed by atoms with Gasteiger partial charge in [0.05, 0.1) is 18.2 Å². The Morgan fingerprint density at radius 2 is 1.52 bits per heavy atom. The third-order valence-corrected chi connectivity index (χ3v) is 8.55. The highest BCUT2D eigenvalue weighted by atomic mass is 16.5. The Bertz CT molecular complexity index is 1370. The second kappa shape index (κ2) is 17.2. The van der Waals surface area contributed by atoms with Crippen molar-refractivity contribution in [3.05, 3.63) is 101 Å². The van der Waals surface area contributed by atoms with E-state index in [0.717, 1.165) is 28.7 Å². The normalized spacial score (nSPS) is 17.9. The lowest BCUT2D eigenvalue weighted by Gasteiger charge is -2.40. The monoisotopic (exact) mass is 630 g/mol. The first-order valence-corrected chi connectivity index (χ1v) is 16.3. The van der Waals surface area contributed by atoms with Gasteiger partial charge in [0.15, 0.2) is 13.0 Å². The molecule has 3 aromatic rings. The molecule has 46 heavy (non-hydrogen) atoms. The lowest BCUT2D eigenvalue weighted by Crippen LogP contribution is -2.62. The van der Waals surface area contributed by atoms with Crippen molar-refractivity contribution in [3.63, 3.8) is 0 Å². The molecule has 3 aromatic carbocycles. The predicted octanol–water partition coefficient (Wildman–Crippen LogP) is 3.48. The van der Waals surface area contributed by atoms with E-state index in [-0.39, 0.29) is 30.8 Å². The number of hydrogen-bond donors (Lipinski definition) is 5. The van der Waals surface area contributed by atoms with E-state index >= 15 is 0 Å². The summed E-state index contributed by atoms with van der Waals surface area (Å²) in [6.07, 6.45) is 0.0647. The Morgan fingerprint density at radius 1 is 0.913 bits per heavy atom. The van der Waals surface area contributed by atoms with Crippen molar-refractivity contribution in [2.24, 2.45) is 5.92 Å². The number of aliphatic hydroxyl groups excluding tert-OH is 2. The Kier molecular flexibility index (Phi) is 13.2. The van der Waals surface area contributed by atoms with Gasteiger partial charge in [-0.25, -0.2) is 0 Å². The number of hydrogen-bond acceptors (Lipinski definition) is 7. The molecule has 1 aliphatic rings. The molecule has 4 rings (SSSR count). The summed E-state index contributed by atoms with van der Waals surface area (Å²) < 4.78 is 5.91. The molecular weight excluding hydrogens is 580 g/mol. The van der Waals surface area contributed by atoms with E-state index in [9.17, 15) is 19.8 Å². The van der Waals surface area contributed by atoms with Crippen LogP contribution in [0.3, 0.4) is 0 Å². The van der Waals surface area contributed by atoms with Gasteiger partial charge in [-0.3, -0.25) is 19.8 Å². The molecule has 1 fully saturated rings. The molecule has 0 saturated carbocycles. The van der Waals surface area contributed by atoms with Crippen LogP contribution < -0.4 is 20.7 Å². The summed E-state index contributed by atoms with van der Waals surface area (Å²) in [4.78, 5) is 28.9. The number of benzene rings is 3. The standard InChI is InChI=1S/C37H50N4O5/c1-25(2)34(41-20-12-19-38-37(41)45)36(44)39-30(21-28-15-7-5-8-16-28)23-32(42)31(22-29-17-9-6-10-18-29)40-33(43)24-46-35-26(3)13-11-14-27(35)4/h5-11,13-18,25,30-32,34,37-38,42,45H,12,19-24H2,1-4H3,(H,39,44)(H,40,43)/t30-,31-,32-,34-,37?/m0/s1. The van der Waals surface area contributed by atoms with Crippen LogP contribution in [0.1, 0.15) is 48.9 Å². The van der Waals surface area contributed by atoms with Crippen LogP contribution in [-0.2, 0) is 22.4 Å². The zero-order chi connectivity index (χ0) is 33.1. The summed E-state index contributed by atoms with van der Waals surface area (Å²) in [5.41, 5.74) is 3.88. The average molecular weight is 631 g/mol. The van der Waals surface area contributed by atoms with Gasteiger partial charge in [0, 0.05) is 12.6 Å². The van der Waals surface area contributed by atoms with Crippen LogP contribution in [0, 0.1) is 19.8 Å². The fourth-order valence-corrected chi connectivity index (χ4v) is 6.26. The topological polar surface area (TPSA) is 123 Å². The van der Waals surface area contributed by atoms with Gasteiger partial charge in [0.2, 0.25) is 5.91 Å². The highest BCUT2D eigenvalue weighted by molar-refractivity contribution is 5.82. The summed E-state index contributed by atoms with van der Waals surface area (Å²) in [6.45, 7) is 8.93. The number of aliphatic hydroxyl groups is 2. The molecule has 248 valence electrons. The van der Waals surface area contributed by atoms with Crippen molar-refractivity contribution >= 4 is 11.8 Å². The average Bonchev–Trinajstić information content (AvgIpc) is 3.02. The van der Waals surface area contributed by atoms with E-state index in [4.69, 9.17) is 4.74 Å². The molecule has 2 amide bonds. The van der Waals surface area contributed by atoms with E-state index in [0.29, 0.717) is 31.7 Å². The second-order valence-electron chi connectivity index (χ2n) is 12.7. The minimum absolute atomic E-state index is 0.0566. The summed E-state index contributed by atoms with van der Waals surface area (Å²) in [6, 6.07) is 23.8. The number of aryl methyl sites for hydroxylation is 2. The molecule has 1 heterocycles. The number of carbonyl (C=O) groups excluding carboxylic acids is 2. The maximum Gasteiger partial charge on any atom is 0.258 e. The van der Waals surface area contributed by atoms with Crippen LogP contribution in [0.4, 0.5) is 0 Å². The molecule has 0 spiro atoms. The maximum absolute atomic E-state index is 13.9. The highest BCUT2D eigenvalue weighted by Crippen LogP contribution is 2.22. The lowest BCUT2D eigenvalue weighted by atomic mass is 9.92. The fraction of sp³-hybridized carbons (Fsp3) is 0.459. The molecule has 1 aliphatic heterocycles. The first-order chi connectivity index (χ1) is 22.1. The Labute approximate surface area is 273 Å². The van der Waals surface area contributed by atoms with Crippen LogP contribution in [-0.4, -0.2) is 77.2 Å². The predicted molar refractivity (Wildman–Crippen MR) is 180 cm³/mol. The summed E-state index contributed by atoms with van der Waals surface area (Å²) in [7, 11) is 0. The molecular formula is C37H50N4O5. The van der Waals surface area contributed by atoms with Crippen LogP contribution in [0.5, 0.6) is 5.75 Å². The molecule has 0 aromatic heterocycles. The molecule has 0 radical (unpaired) electrons. The zero-order valence-corrected chi connectivity index (χ0v) is 27.5. The van der Waals surface area contributed by atoms with E-state index < -0.39 is 30.6 Å². The largest absolute Gasteiger partial charge is 0.483 e. The minimum Gasteiger partial charge on any atom is -0.483 e. The van der Waals surface area contributed by atoms with Crippen LogP contribution in [0.25, 0.3) is 0 Å². The number of ether oxygens (including phenoxy) is 1. The molecule has 0 bridgehead atoms. The molecule has 9 heteroatoms. The third-order valence-electron chi connectivity index (χ3n) is 8.55. The summed E-state index contributed by atoms with van der Waals surface area (Å²) in [5, 5.41) is 31.6. The molecule has 1 saturated heterocycles. The molecule has 9 nitrogen and oxygen atoms in total. The zero-order valence-electron chi connectivity index (χ0n) is 27.5. The van der Waals surface area contributed by atoms with Crippen molar-refractivity contribution in [2.75, 3.05) is 19.7 Å². The minimum atomic E-state index is -0.974. The van der Waals surface area contributed by atoms with Gasteiger partial charge < -0.3 is 25.6 Å². The van der Waals surface area contributed by atoms with Crippen LogP contribution in [0.15, 0.2) is 78.9 Å².